The number of hydrogen-bond donors (Lipinski definition) is 1. The molecule has 2 aromatic heterocycles. The van der Waals surface area contributed by atoms with Crippen LogP contribution in [0.15, 0.2) is 21.1 Å². The smallest absolute Gasteiger partial charge is 0.288 e. The van der Waals surface area contributed by atoms with Crippen LogP contribution in [0.1, 0.15) is 58.7 Å². The summed E-state index contributed by atoms with van der Waals surface area (Å²) in [5.74, 6) is 1.43. The summed E-state index contributed by atoms with van der Waals surface area (Å²) in [5, 5.41) is 8.19. The van der Waals surface area contributed by atoms with Crippen molar-refractivity contribution in [1.82, 2.24) is 15.5 Å². The van der Waals surface area contributed by atoms with Crippen LogP contribution in [0.4, 0.5) is 0 Å². The largest absolute Gasteiger partial charge is 0.450 e. The normalized spacial score (nSPS) is 16.7. The van der Waals surface area contributed by atoms with E-state index in [1.807, 2.05) is 33.8 Å². The van der Waals surface area contributed by atoms with E-state index in [9.17, 15) is 4.79 Å². The third-order valence-corrected chi connectivity index (χ3v) is 5.45. The molecule has 1 unspecified atom stereocenters. The number of furan rings is 1. The summed E-state index contributed by atoms with van der Waals surface area (Å²) in [7, 11) is 0. The predicted molar refractivity (Wildman–Crippen MR) is 97.0 cm³/mol. The second-order valence-corrected chi connectivity index (χ2v) is 7.53. The number of carbonyl (C=O) groups excluding carboxylic acids is 1. The molecule has 1 amide bonds. The minimum atomic E-state index is -0.662. The number of aromatic nitrogens is 2. The van der Waals surface area contributed by atoms with Crippen molar-refractivity contribution in [3.8, 4) is 0 Å². The van der Waals surface area contributed by atoms with Gasteiger partial charge in [0.15, 0.2) is 11.6 Å². The summed E-state index contributed by atoms with van der Waals surface area (Å²) in [6.45, 7) is 9.66. The van der Waals surface area contributed by atoms with E-state index < -0.39 is 5.54 Å². The second kappa shape index (κ2) is 5.69. The van der Waals surface area contributed by atoms with Gasteiger partial charge in [-0.25, -0.2) is 0 Å². The van der Waals surface area contributed by atoms with Crippen LogP contribution in [0.5, 0.6) is 0 Å². The van der Waals surface area contributed by atoms with Crippen molar-refractivity contribution in [3.05, 3.63) is 46.3 Å². The molecule has 1 aliphatic carbocycles. The first-order valence-electron chi connectivity index (χ1n) is 8.94. The minimum Gasteiger partial charge on any atom is -0.450 e. The van der Waals surface area contributed by atoms with E-state index in [1.54, 1.807) is 6.92 Å². The van der Waals surface area contributed by atoms with Gasteiger partial charge in [-0.2, -0.15) is 4.98 Å². The molecule has 2 heterocycles. The molecule has 1 fully saturated rings. The van der Waals surface area contributed by atoms with Gasteiger partial charge in [0.25, 0.3) is 5.91 Å². The van der Waals surface area contributed by atoms with Crippen LogP contribution in [-0.4, -0.2) is 16.0 Å². The summed E-state index contributed by atoms with van der Waals surface area (Å²) in [4.78, 5) is 17.5. The van der Waals surface area contributed by atoms with Gasteiger partial charge in [-0.05, 0) is 57.6 Å². The van der Waals surface area contributed by atoms with Crippen molar-refractivity contribution < 1.29 is 13.7 Å². The van der Waals surface area contributed by atoms with Gasteiger partial charge in [-0.15, -0.1) is 0 Å². The quantitative estimate of drug-likeness (QED) is 0.763. The Morgan fingerprint density at radius 2 is 1.88 bits per heavy atom. The van der Waals surface area contributed by atoms with Crippen molar-refractivity contribution in [3.63, 3.8) is 0 Å². The van der Waals surface area contributed by atoms with Crippen LogP contribution >= 0.6 is 0 Å². The molecular weight excluding hydrogens is 330 g/mol. The molecule has 1 aliphatic rings. The lowest BCUT2D eigenvalue weighted by Gasteiger charge is -2.27. The molecule has 136 valence electrons. The highest BCUT2D eigenvalue weighted by molar-refractivity contribution is 6.00. The van der Waals surface area contributed by atoms with Gasteiger partial charge in [0.1, 0.15) is 11.1 Å². The number of rotatable bonds is 4. The van der Waals surface area contributed by atoms with E-state index in [4.69, 9.17) is 8.94 Å². The lowest BCUT2D eigenvalue weighted by Crippen LogP contribution is -2.46. The van der Waals surface area contributed by atoms with Crippen molar-refractivity contribution in [2.75, 3.05) is 0 Å². The zero-order valence-corrected chi connectivity index (χ0v) is 15.8. The van der Waals surface area contributed by atoms with Crippen molar-refractivity contribution in [2.45, 2.75) is 53.0 Å². The first kappa shape index (κ1) is 16.8. The van der Waals surface area contributed by atoms with Crippen LogP contribution in [0.25, 0.3) is 11.0 Å². The molecule has 1 N–H and O–H groups in total. The molecule has 0 aliphatic heterocycles. The SMILES string of the molecule is Cc1nc(C(C)(NC(=O)c2oc3c(C)ccc(C)c3c2C)C2CC2)no1. The van der Waals surface area contributed by atoms with Gasteiger partial charge < -0.3 is 14.3 Å². The molecule has 3 aromatic rings. The molecule has 4 rings (SSSR count). The van der Waals surface area contributed by atoms with Crippen molar-refractivity contribution in [2.24, 2.45) is 5.92 Å². The number of nitrogens with one attached hydrogen (secondary N) is 1. The highest BCUT2D eigenvalue weighted by Gasteiger charge is 2.47. The zero-order chi connectivity index (χ0) is 18.6. The van der Waals surface area contributed by atoms with Gasteiger partial charge in [0.2, 0.25) is 5.89 Å². The standard InChI is InChI=1S/C20H23N3O3/c1-10-6-7-11(2)16-15(10)12(3)17(25-16)18(24)22-20(5,14-8-9-14)19-21-13(4)26-23-19/h6-7,14H,8-9H2,1-5H3,(H,22,24). The number of benzene rings is 1. The maximum Gasteiger partial charge on any atom is 0.288 e. The van der Waals surface area contributed by atoms with Gasteiger partial charge in [-0.3, -0.25) is 4.79 Å². The highest BCUT2D eigenvalue weighted by atomic mass is 16.5. The van der Waals surface area contributed by atoms with Gasteiger partial charge >= 0.3 is 0 Å². The lowest BCUT2D eigenvalue weighted by molar-refractivity contribution is 0.0857. The molecule has 6 heteroatoms. The molecule has 1 atom stereocenters. The molecule has 0 saturated heterocycles. The summed E-state index contributed by atoms with van der Waals surface area (Å²) in [6.07, 6.45) is 2.06. The second-order valence-electron chi connectivity index (χ2n) is 7.53. The predicted octanol–water partition coefficient (Wildman–Crippen LogP) is 4.10. The maximum atomic E-state index is 13.1. The molecule has 0 spiro atoms. The number of hydrogen-bond acceptors (Lipinski definition) is 5. The number of amides is 1. The van der Waals surface area contributed by atoms with Crippen LogP contribution < -0.4 is 5.32 Å². The number of aryl methyl sites for hydroxylation is 4. The third-order valence-electron chi connectivity index (χ3n) is 5.45. The molecule has 6 nitrogen and oxygen atoms in total. The fraction of sp³-hybridized carbons (Fsp3) is 0.450. The lowest BCUT2D eigenvalue weighted by atomic mass is 9.94. The Morgan fingerprint density at radius 3 is 2.46 bits per heavy atom. The Morgan fingerprint density at radius 1 is 1.19 bits per heavy atom. The van der Waals surface area contributed by atoms with Crippen LogP contribution in [0, 0.1) is 33.6 Å². The first-order valence-corrected chi connectivity index (χ1v) is 8.94. The first-order chi connectivity index (χ1) is 12.3. The Balaban J connectivity index is 1.74. The topological polar surface area (TPSA) is 81.2 Å². The summed E-state index contributed by atoms with van der Waals surface area (Å²) in [6, 6.07) is 4.07. The molecule has 0 radical (unpaired) electrons. The fourth-order valence-corrected chi connectivity index (χ4v) is 3.70. The van der Waals surface area contributed by atoms with Gasteiger partial charge in [0.05, 0.1) is 0 Å². The fourth-order valence-electron chi connectivity index (χ4n) is 3.70. The summed E-state index contributed by atoms with van der Waals surface area (Å²) in [5.41, 5.74) is 3.10. The Kier molecular flexibility index (Phi) is 3.68. The number of nitrogens with zero attached hydrogens (tertiary/aromatic N) is 2. The minimum absolute atomic E-state index is 0.241. The van der Waals surface area contributed by atoms with E-state index in [0.717, 1.165) is 40.5 Å². The van der Waals surface area contributed by atoms with Crippen LogP contribution in [0.2, 0.25) is 0 Å². The van der Waals surface area contributed by atoms with E-state index in [2.05, 4.69) is 21.5 Å². The van der Waals surface area contributed by atoms with E-state index in [0.29, 0.717) is 23.4 Å². The Hall–Kier alpha value is -2.63. The monoisotopic (exact) mass is 353 g/mol. The number of fused-ring (bicyclic) bond motifs is 1. The Bertz CT molecular complexity index is 1010. The third kappa shape index (κ3) is 2.52. The molecule has 26 heavy (non-hydrogen) atoms. The Labute approximate surface area is 152 Å². The summed E-state index contributed by atoms with van der Waals surface area (Å²) >= 11 is 0. The van der Waals surface area contributed by atoms with E-state index in [1.165, 1.54) is 0 Å². The van der Waals surface area contributed by atoms with E-state index in [-0.39, 0.29) is 5.91 Å². The molecule has 1 saturated carbocycles. The maximum absolute atomic E-state index is 13.1. The molecule has 0 bridgehead atoms. The van der Waals surface area contributed by atoms with Crippen LogP contribution in [-0.2, 0) is 5.54 Å². The average Bonchev–Trinajstić information content (AvgIpc) is 3.27. The van der Waals surface area contributed by atoms with Gasteiger partial charge in [-0.1, -0.05) is 17.3 Å². The van der Waals surface area contributed by atoms with Crippen molar-refractivity contribution in [1.29, 1.82) is 0 Å². The van der Waals surface area contributed by atoms with Crippen molar-refractivity contribution >= 4 is 16.9 Å². The zero-order valence-electron chi connectivity index (χ0n) is 15.8. The highest BCUT2D eigenvalue weighted by Crippen LogP contribution is 2.45. The van der Waals surface area contributed by atoms with E-state index >= 15 is 0 Å². The number of carbonyl (C=O) groups is 1. The molecule has 1 aromatic carbocycles. The van der Waals surface area contributed by atoms with Gasteiger partial charge in [0, 0.05) is 17.9 Å². The van der Waals surface area contributed by atoms with Crippen LogP contribution in [0.3, 0.4) is 0 Å². The molecular formula is C20H23N3O3. The average molecular weight is 353 g/mol. The summed E-state index contributed by atoms with van der Waals surface area (Å²) < 4.78 is 11.1.